The standard InChI is InChI=1S/C33H34N2/c1-21-12-15-30-25(18-21)33(5,6)26-19-22(2)13-16-31(26)35(30)23-14-17-29-27(20-23)32(3,4)24-10-8-9-11-28(24)34(29)7/h8-20H,1-7H3. The van der Waals surface area contributed by atoms with Crippen molar-refractivity contribution in [2.75, 3.05) is 16.8 Å². The predicted molar refractivity (Wildman–Crippen MR) is 149 cm³/mol. The maximum Gasteiger partial charge on any atom is 0.0502 e. The second-order valence-electron chi connectivity index (χ2n) is 11.4. The topological polar surface area (TPSA) is 6.48 Å². The van der Waals surface area contributed by atoms with Crippen LogP contribution in [0.1, 0.15) is 61.1 Å². The second kappa shape index (κ2) is 7.24. The van der Waals surface area contributed by atoms with E-state index in [0.29, 0.717) is 0 Å². The third-order valence-corrected chi connectivity index (χ3v) is 8.34. The number of hydrogen-bond acceptors (Lipinski definition) is 2. The number of benzene rings is 4. The van der Waals surface area contributed by atoms with E-state index in [1.54, 1.807) is 0 Å². The smallest absolute Gasteiger partial charge is 0.0502 e. The van der Waals surface area contributed by atoms with Crippen LogP contribution in [-0.2, 0) is 10.8 Å². The van der Waals surface area contributed by atoms with Crippen molar-refractivity contribution in [1.29, 1.82) is 0 Å². The first-order chi connectivity index (χ1) is 16.6. The quantitative estimate of drug-likeness (QED) is 0.281. The first kappa shape index (κ1) is 22.0. The summed E-state index contributed by atoms with van der Waals surface area (Å²) in [4.78, 5) is 4.82. The van der Waals surface area contributed by atoms with Gasteiger partial charge in [-0.3, -0.25) is 0 Å². The molecule has 2 nitrogen and oxygen atoms in total. The Morgan fingerprint density at radius 3 is 1.63 bits per heavy atom. The molecule has 0 radical (unpaired) electrons. The average Bonchev–Trinajstić information content (AvgIpc) is 2.84. The molecule has 0 aromatic heterocycles. The average molecular weight is 459 g/mol. The Labute approximate surface area is 209 Å². The summed E-state index contributed by atoms with van der Waals surface area (Å²) in [6, 6.07) is 29.7. The first-order valence-electron chi connectivity index (χ1n) is 12.6. The molecule has 176 valence electrons. The maximum absolute atomic E-state index is 2.48. The molecule has 0 spiro atoms. The lowest BCUT2D eigenvalue weighted by Gasteiger charge is -2.44. The van der Waals surface area contributed by atoms with Gasteiger partial charge in [0.15, 0.2) is 0 Å². The van der Waals surface area contributed by atoms with Gasteiger partial charge in [-0.15, -0.1) is 0 Å². The molecule has 2 aliphatic rings. The maximum atomic E-state index is 2.48. The molecular formula is C33H34N2. The molecule has 0 bridgehead atoms. The Morgan fingerprint density at radius 2 is 1.00 bits per heavy atom. The van der Waals surface area contributed by atoms with Gasteiger partial charge < -0.3 is 9.80 Å². The molecule has 2 aliphatic heterocycles. The van der Waals surface area contributed by atoms with Crippen LogP contribution in [0.3, 0.4) is 0 Å². The van der Waals surface area contributed by atoms with Crippen LogP contribution in [0.2, 0.25) is 0 Å². The van der Waals surface area contributed by atoms with Crippen molar-refractivity contribution >= 4 is 28.4 Å². The summed E-state index contributed by atoms with van der Waals surface area (Å²) in [5.41, 5.74) is 14.3. The fourth-order valence-corrected chi connectivity index (χ4v) is 6.27. The van der Waals surface area contributed by atoms with Crippen LogP contribution in [-0.4, -0.2) is 7.05 Å². The van der Waals surface area contributed by atoms with E-state index in [9.17, 15) is 0 Å². The van der Waals surface area contributed by atoms with Gasteiger partial charge in [-0.25, -0.2) is 0 Å². The lowest BCUT2D eigenvalue weighted by Crippen LogP contribution is -2.32. The van der Waals surface area contributed by atoms with Crippen LogP contribution < -0.4 is 9.80 Å². The molecule has 4 aromatic carbocycles. The summed E-state index contributed by atoms with van der Waals surface area (Å²) in [6.07, 6.45) is 0. The van der Waals surface area contributed by atoms with Crippen LogP contribution in [0.15, 0.2) is 78.9 Å². The SMILES string of the molecule is Cc1ccc2c(c1)C(C)(C)c1cc(C)ccc1N2c1ccc2c(c1)C(C)(C)c1ccccc1N2C. The Balaban J connectivity index is 1.61. The Bertz CT molecular complexity index is 1440. The van der Waals surface area contributed by atoms with Crippen molar-refractivity contribution in [3.8, 4) is 0 Å². The first-order valence-corrected chi connectivity index (χ1v) is 12.6. The molecule has 2 heterocycles. The van der Waals surface area contributed by atoms with Crippen LogP contribution >= 0.6 is 0 Å². The minimum Gasteiger partial charge on any atom is -0.344 e. The van der Waals surface area contributed by atoms with E-state index in [2.05, 4.69) is 137 Å². The third-order valence-electron chi connectivity index (χ3n) is 8.34. The zero-order valence-electron chi connectivity index (χ0n) is 21.9. The zero-order valence-corrected chi connectivity index (χ0v) is 21.9. The van der Waals surface area contributed by atoms with Crippen molar-refractivity contribution in [1.82, 2.24) is 0 Å². The van der Waals surface area contributed by atoms with E-state index < -0.39 is 0 Å². The van der Waals surface area contributed by atoms with E-state index >= 15 is 0 Å². The second-order valence-corrected chi connectivity index (χ2v) is 11.4. The van der Waals surface area contributed by atoms with Gasteiger partial charge in [-0.2, -0.15) is 0 Å². The van der Waals surface area contributed by atoms with Gasteiger partial charge in [0, 0.05) is 34.9 Å². The molecule has 0 aliphatic carbocycles. The van der Waals surface area contributed by atoms with Gasteiger partial charge in [0.1, 0.15) is 0 Å². The minimum absolute atomic E-state index is 0.0636. The lowest BCUT2D eigenvalue weighted by molar-refractivity contribution is 0.626. The normalized spacial score (nSPS) is 16.8. The molecule has 0 fully saturated rings. The Kier molecular flexibility index (Phi) is 4.55. The van der Waals surface area contributed by atoms with Crippen molar-refractivity contribution < 1.29 is 0 Å². The Morgan fingerprint density at radius 1 is 0.514 bits per heavy atom. The van der Waals surface area contributed by atoms with Crippen LogP contribution in [0.5, 0.6) is 0 Å². The van der Waals surface area contributed by atoms with E-state index in [1.807, 2.05) is 0 Å². The van der Waals surface area contributed by atoms with E-state index in [4.69, 9.17) is 0 Å². The number of nitrogens with zero attached hydrogens (tertiary/aromatic N) is 2. The van der Waals surface area contributed by atoms with Gasteiger partial charge in [-0.05, 0) is 72.5 Å². The zero-order chi connectivity index (χ0) is 24.7. The summed E-state index contributed by atoms with van der Waals surface area (Å²) in [7, 11) is 2.19. The number of para-hydroxylation sites is 1. The lowest BCUT2D eigenvalue weighted by atomic mass is 9.72. The van der Waals surface area contributed by atoms with Crippen LogP contribution in [0.25, 0.3) is 0 Å². The molecule has 0 saturated carbocycles. The summed E-state index contributed by atoms with van der Waals surface area (Å²) < 4.78 is 0. The molecule has 6 rings (SSSR count). The number of aryl methyl sites for hydroxylation is 2. The molecule has 35 heavy (non-hydrogen) atoms. The highest BCUT2D eigenvalue weighted by Crippen LogP contribution is 2.54. The van der Waals surface area contributed by atoms with Crippen LogP contribution in [0.4, 0.5) is 28.4 Å². The highest BCUT2D eigenvalue weighted by molar-refractivity contribution is 5.88. The summed E-state index contributed by atoms with van der Waals surface area (Å²) in [6.45, 7) is 13.8. The molecule has 4 aromatic rings. The molecule has 0 saturated heterocycles. The van der Waals surface area contributed by atoms with Gasteiger partial charge in [0.25, 0.3) is 0 Å². The monoisotopic (exact) mass is 458 g/mol. The molecule has 0 amide bonds. The largest absolute Gasteiger partial charge is 0.344 e. The van der Waals surface area contributed by atoms with Gasteiger partial charge in [-0.1, -0.05) is 81.3 Å². The van der Waals surface area contributed by atoms with Crippen molar-refractivity contribution in [2.24, 2.45) is 0 Å². The molecule has 0 unspecified atom stereocenters. The van der Waals surface area contributed by atoms with Crippen molar-refractivity contribution in [2.45, 2.75) is 52.4 Å². The summed E-state index contributed by atoms with van der Waals surface area (Å²) in [5.74, 6) is 0. The third kappa shape index (κ3) is 3.02. The fraction of sp³-hybridized carbons (Fsp3) is 0.273. The van der Waals surface area contributed by atoms with Gasteiger partial charge >= 0.3 is 0 Å². The van der Waals surface area contributed by atoms with Gasteiger partial charge in [0.05, 0.1) is 11.4 Å². The van der Waals surface area contributed by atoms with Crippen molar-refractivity contribution in [3.63, 3.8) is 0 Å². The molecule has 0 N–H and O–H groups in total. The van der Waals surface area contributed by atoms with E-state index in [1.165, 1.54) is 61.8 Å². The van der Waals surface area contributed by atoms with Crippen molar-refractivity contribution in [3.05, 3.63) is 112 Å². The minimum atomic E-state index is -0.0876. The summed E-state index contributed by atoms with van der Waals surface area (Å²) >= 11 is 0. The van der Waals surface area contributed by atoms with Crippen LogP contribution in [0, 0.1) is 13.8 Å². The summed E-state index contributed by atoms with van der Waals surface area (Å²) in [5, 5.41) is 0. The number of fused-ring (bicyclic) bond motifs is 4. The van der Waals surface area contributed by atoms with E-state index in [0.717, 1.165) is 0 Å². The molecule has 0 atom stereocenters. The predicted octanol–water partition coefficient (Wildman–Crippen LogP) is 8.82. The molecule has 2 heteroatoms. The van der Waals surface area contributed by atoms with E-state index in [-0.39, 0.29) is 10.8 Å². The highest BCUT2D eigenvalue weighted by atomic mass is 15.2. The highest BCUT2D eigenvalue weighted by Gasteiger charge is 2.39. The number of rotatable bonds is 1. The Hall–Kier alpha value is -3.52. The molecular weight excluding hydrogens is 424 g/mol. The fourth-order valence-electron chi connectivity index (χ4n) is 6.27. The van der Waals surface area contributed by atoms with Gasteiger partial charge in [0.2, 0.25) is 0 Å². The number of hydrogen-bond donors (Lipinski definition) is 0. The number of anilines is 5.